The number of nitriles is 1. The van der Waals surface area contributed by atoms with Gasteiger partial charge >= 0.3 is 0 Å². The molecule has 0 saturated carbocycles. The van der Waals surface area contributed by atoms with Crippen molar-refractivity contribution in [2.75, 3.05) is 0 Å². The van der Waals surface area contributed by atoms with Crippen LogP contribution in [0.5, 0.6) is 0 Å². The van der Waals surface area contributed by atoms with E-state index >= 15 is 0 Å². The second-order valence-corrected chi connectivity index (χ2v) is 6.20. The number of aromatic nitrogens is 2. The Labute approximate surface area is 141 Å². The SMILES string of the molecule is N#Cc1ccc(Cn2ccnc2-c2cc(Cl)cc(Br)c2)cc1. The maximum Gasteiger partial charge on any atom is 0.140 e. The van der Waals surface area contributed by atoms with Gasteiger partial charge in [-0.2, -0.15) is 5.26 Å². The third-order valence-electron chi connectivity index (χ3n) is 3.27. The van der Waals surface area contributed by atoms with E-state index in [1.165, 1.54) is 0 Å². The van der Waals surface area contributed by atoms with Crippen LogP contribution in [0.3, 0.4) is 0 Å². The fourth-order valence-electron chi connectivity index (χ4n) is 2.26. The van der Waals surface area contributed by atoms with Gasteiger partial charge in [-0.05, 0) is 35.9 Å². The van der Waals surface area contributed by atoms with Crippen molar-refractivity contribution < 1.29 is 0 Å². The molecule has 0 atom stereocenters. The average Bonchev–Trinajstić information content (AvgIpc) is 2.95. The standard InChI is InChI=1S/C17H11BrClN3/c18-15-7-14(8-16(19)9-15)17-21-5-6-22(17)11-13-3-1-12(10-20)2-4-13/h1-9H,11H2. The molecule has 1 heterocycles. The van der Waals surface area contributed by atoms with E-state index in [0.29, 0.717) is 17.1 Å². The second kappa shape index (κ2) is 6.35. The molecule has 2 aromatic carbocycles. The molecule has 0 N–H and O–H groups in total. The molecule has 0 radical (unpaired) electrons. The molecule has 0 saturated heterocycles. The number of imidazole rings is 1. The maximum atomic E-state index is 8.85. The molecule has 0 aliphatic heterocycles. The lowest BCUT2D eigenvalue weighted by Gasteiger charge is -2.09. The molecule has 3 rings (SSSR count). The van der Waals surface area contributed by atoms with Crippen LogP contribution in [0.1, 0.15) is 11.1 Å². The summed E-state index contributed by atoms with van der Waals surface area (Å²) >= 11 is 9.57. The van der Waals surface area contributed by atoms with Crippen molar-refractivity contribution in [1.82, 2.24) is 9.55 Å². The van der Waals surface area contributed by atoms with Gasteiger partial charge in [0.15, 0.2) is 0 Å². The smallest absolute Gasteiger partial charge is 0.140 e. The van der Waals surface area contributed by atoms with Gasteiger partial charge in [-0.25, -0.2) is 4.98 Å². The lowest BCUT2D eigenvalue weighted by atomic mass is 10.1. The van der Waals surface area contributed by atoms with Crippen LogP contribution in [0.2, 0.25) is 5.02 Å². The van der Waals surface area contributed by atoms with E-state index in [1.54, 1.807) is 6.20 Å². The second-order valence-electron chi connectivity index (χ2n) is 4.85. The topological polar surface area (TPSA) is 41.6 Å². The third kappa shape index (κ3) is 3.22. The quantitative estimate of drug-likeness (QED) is 0.657. The number of halogens is 2. The summed E-state index contributed by atoms with van der Waals surface area (Å²) in [7, 11) is 0. The van der Waals surface area contributed by atoms with Crippen LogP contribution in [0.15, 0.2) is 59.3 Å². The highest BCUT2D eigenvalue weighted by molar-refractivity contribution is 9.10. The van der Waals surface area contributed by atoms with Crippen LogP contribution in [0, 0.1) is 11.3 Å². The summed E-state index contributed by atoms with van der Waals surface area (Å²) in [6, 6.07) is 15.4. The Balaban J connectivity index is 1.93. The molecule has 0 bridgehead atoms. The predicted molar refractivity (Wildman–Crippen MR) is 90.6 cm³/mol. The fraction of sp³-hybridized carbons (Fsp3) is 0.0588. The number of rotatable bonds is 3. The van der Waals surface area contributed by atoms with Gasteiger partial charge in [0.2, 0.25) is 0 Å². The highest BCUT2D eigenvalue weighted by Crippen LogP contribution is 2.27. The van der Waals surface area contributed by atoms with Crippen molar-refractivity contribution >= 4 is 27.5 Å². The van der Waals surface area contributed by atoms with Crippen molar-refractivity contribution in [2.24, 2.45) is 0 Å². The Morgan fingerprint density at radius 2 is 1.95 bits per heavy atom. The lowest BCUT2D eigenvalue weighted by Crippen LogP contribution is -2.01. The minimum absolute atomic E-state index is 0.661. The zero-order chi connectivity index (χ0) is 15.5. The normalized spacial score (nSPS) is 10.4. The van der Waals surface area contributed by atoms with E-state index in [0.717, 1.165) is 21.4 Å². The maximum absolute atomic E-state index is 8.85. The van der Waals surface area contributed by atoms with Crippen LogP contribution in [-0.4, -0.2) is 9.55 Å². The van der Waals surface area contributed by atoms with Crippen LogP contribution in [0.25, 0.3) is 11.4 Å². The van der Waals surface area contributed by atoms with Crippen molar-refractivity contribution in [2.45, 2.75) is 6.54 Å². The number of nitrogens with zero attached hydrogens (tertiary/aromatic N) is 3. The van der Waals surface area contributed by atoms with Gasteiger partial charge in [0.05, 0.1) is 11.6 Å². The van der Waals surface area contributed by atoms with Crippen molar-refractivity contribution in [3.8, 4) is 17.5 Å². The van der Waals surface area contributed by atoms with Gasteiger partial charge in [0.1, 0.15) is 5.82 Å². The largest absolute Gasteiger partial charge is 0.327 e. The monoisotopic (exact) mass is 371 g/mol. The average molecular weight is 373 g/mol. The van der Waals surface area contributed by atoms with Crippen molar-refractivity contribution in [1.29, 1.82) is 5.26 Å². The first-order valence-electron chi connectivity index (χ1n) is 6.62. The molecule has 3 aromatic rings. The van der Waals surface area contributed by atoms with Crippen molar-refractivity contribution in [3.63, 3.8) is 0 Å². The first kappa shape index (κ1) is 14.8. The molecule has 5 heteroatoms. The van der Waals surface area contributed by atoms with E-state index < -0.39 is 0 Å². The van der Waals surface area contributed by atoms with Gasteiger partial charge in [0.25, 0.3) is 0 Å². The van der Waals surface area contributed by atoms with Crippen LogP contribution in [0.4, 0.5) is 0 Å². The van der Waals surface area contributed by atoms with E-state index in [9.17, 15) is 0 Å². The summed E-state index contributed by atoms with van der Waals surface area (Å²) in [4.78, 5) is 4.43. The molecular weight excluding hydrogens is 362 g/mol. The van der Waals surface area contributed by atoms with Gasteiger partial charge in [-0.3, -0.25) is 0 Å². The van der Waals surface area contributed by atoms with Crippen LogP contribution in [-0.2, 0) is 6.54 Å². The Kier molecular flexibility index (Phi) is 4.28. The van der Waals surface area contributed by atoms with E-state index in [-0.39, 0.29) is 0 Å². The summed E-state index contributed by atoms with van der Waals surface area (Å²) in [5.74, 6) is 0.854. The highest BCUT2D eigenvalue weighted by Gasteiger charge is 2.08. The minimum atomic E-state index is 0.661. The summed E-state index contributed by atoms with van der Waals surface area (Å²) in [6.07, 6.45) is 3.70. The van der Waals surface area contributed by atoms with E-state index in [2.05, 4.69) is 31.6 Å². The van der Waals surface area contributed by atoms with Crippen LogP contribution < -0.4 is 0 Å². The van der Waals surface area contributed by atoms with Gasteiger partial charge < -0.3 is 4.57 Å². The molecule has 0 aliphatic rings. The summed E-state index contributed by atoms with van der Waals surface area (Å²) in [5.41, 5.74) is 2.73. The molecule has 0 unspecified atom stereocenters. The third-order valence-corrected chi connectivity index (χ3v) is 3.95. The molecule has 0 spiro atoms. The fourth-order valence-corrected chi connectivity index (χ4v) is 3.12. The number of hydrogen-bond donors (Lipinski definition) is 0. The molecule has 0 fully saturated rings. The van der Waals surface area contributed by atoms with Gasteiger partial charge in [0, 0.05) is 34.0 Å². The summed E-state index contributed by atoms with van der Waals surface area (Å²) < 4.78 is 2.97. The molecule has 1 aromatic heterocycles. The van der Waals surface area contributed by atoms with Gasteiger partial charge in [-0.1, -0.05) is 39.7 Å². The Morgan fingerprint density at radius 3 is 2.64 bits per heavy atom. The number of benzene rings is 2. The number of hydrogen-bond acceptors (Lipinski definition) is 2. The molecular formula is C17H11BrClN3. The zero-order valence-corrected chi connectivity index (χ0v) is 13.8. The first-order valence-corrected chi connectivity index (χ1v) is 7.79. The van der Waals surface area contributed by atoms with E-state index in [4.69, 9.17) is 16.9 Å². The van der Waals surface area contributed by atoms with Crippen molar-refractivity contribution in [3.05, 3.63) is 75.5 Å². The Bertz CT molecular complexity index is 827. The Morgan fingerprint density at radius 1 is 1.18 bits per heavy atom. The summed E-state index contributed by atoms with van der Waals surface area (Å²) in [5, 5.41) is 9.51. The molecule has 0 aliphatic carbocycles. The molecule has 3 nitrogen and oxygen atoms in total. The summed E-state index contributed by atoms with van der Waals surface area (Å²) in [6.45, 7) is 0.686. The molecule has 22 heavy (non-hydrogen) atoms. The molecule has 108 valence electrons. The predicted octanol–water partition coefficient (Wildman–Crippen LogP) is 4.89. The first-order chi connectivity index (χ1) is 10.7. The molecule has 0 amide bonds. The highest BCUT2D eigenvalue weighted by atomic mass is 79.9. The Hall–Kier alpha value is -2.09. The van der Waals surface area contributed by atoms with Gasteiger partial charge in [-0.15, -0.1) is 0 Å². The lowest BCUT2D eigenvalue weighted by molar-refractivity contribution is 0.807. The zero-order valence-electron chi connectivity index (χ0n) is 11.5. The van der Waals surface area contributed by atoms with E-state index in [1.807, 2.05) is 48.7 Å². The minimum Gasteiger partial charge on any atom is -0.327 e. The van der Waals surface area contributed by atoms with Crippen LogP contribution >= 0.6 is 27.5 Å².